The quantitative estimate of drug-likeness (QED) is 0.916. The van der Waals surface area contributed by atoms with E-state index in [1.165, 1.54) is 5.56 Å². The van der Waals surface area contributed by atoms with E-state index in [1.54, 1.807) is 0 Å². The van der Waals surface area contributed by atoms with Crippen molar-refractivity contribution in [3.63, 3.8) is 0 Å². The fraction of sp³-hybridized carbons (Fsp3) is 0.500. The third kappa shape index (κ3) is 3.12. The number of aromatic nitrogens is 1. The van der Waals surface area contributed by atoms with E-state index in [0.717, 1.165) is 40.7 Å². The molecule has 0 saturated carbocycles. The van der Waals surface area contributed by atoms with Crippen molar-refractivity contribution in [2.24, 2.45) is 11.7 Å². The molecule has 1 heterocycles. The van der Waals surface area contributed by atoms with Gasteiger partial charge in [0.15, 0.2) is 11.5 Å². The molecule has 1 aromatic carbocycles. The highest BCUT2D eigenvalue weighted by atomic mass is 79.9. The Morgan fingerprint density at radius 3 is 2.83 bits per heavy atom. The summed E-state index contributed by atoms with van der Waals surface area (Å²) in [4.78, 5) is 4.53. The van der Waals surface area contributed by atoms with Crippen LogP contribution in [0.2, 0.25) is 0 Å². The molecule has 0 saturated heterocycles. The van der Waals surface area contributed by atoms with Gasteiger partial charge >= 0.3 is 0 Å². The molecule has 0 amide bonds. The second kappa shape index (κ2) is 5.85. The highest BCUT2D eigenvalue weighted by Crippen LogP contribution is 2.28. The summed E-state index contributed by atoms with van der Waals surface area (Å²) in [5.41, 5.74) is 8.57. The highest BCUT2D eigenvalue weighted by Gasteiger charge is 2.11. The molecule has 0 aliphatic rings. The first-order valence-corrected chi connectivity index (χ1v) is 7.17. The average Bonchev–Trinajstić information content (AvgIpc) is 2.69. The van der Waals surface area contributed by atoms with E-state index in [0.29, 0.717) is 12.5 Å². The van der Waals surface area contributed by atoms with Crippen LogP contribution in [0.15, 0.2) is 21.0 Å². The third-order valence-corrected chi connectivity index (χ3v) is 3.38. The SMILES string of the molecule is CC(C)Cc1cc(Br)c2oc(CCCN)nc2c1. The van der Waals surface area contributed by atoms with Gasteiger partial charge in [-0.05, 0) is 58.9 Å². The molecule has 0 aliphatic carbocycles. The van der Waals surface area contributed by atoms with Crippen LogP contribution in [0.3, 0.4) is 0 Å². The molecule has 0 spiro atoms. The number of hydrogen-bond donors (Lipinski definition) is 1. The van der Waals surface area contributed by atoms with Crippen molar-refractivity contribution in [3.8, 4) is 0 Å². The van der Waals surface area contributed by atoms with Gasteiger partial charge in [0, 0.05) is 6.42 Å². The monoisotopic (exact) mass is 310 g/mol. The Morgan fingerprint density at radius 2 is 2.17 bits per heavy atom. The van der Waals surface area contributed by atoms with Crippen molar-refractivity contribution in [1.29, 1.82) is 0 Å². The number of fused-ring (bicyclic) bond motifs is 1. The van der Waals surface area contributed by atoms with Gasteiger partial charge in [-0.1, -0.05) is 13.8 Å². The molecule has 18 heavy (non-hydrogen) atoms. The number of benzene rings is 1. The third-order valence-electron chi connectivity index (χ3n) is 2.79. The van der Waals surface area contributed by atoms with Crippen molar-refractivity contribution in [3.05, 3.63) is 28.1 Å². The number of halogens is 1. The van der Waals surface area contributed by atoms with E-state index in [2.05, 4.69) is 46.9 Å². The molecule has 0 radical (unpaired) electrons. The van der Waals surface area contributed by atoms with Gasteiger partial charge in [-0.15, -0.1) is 0 Å². The summed E-state index contributed by atoms with van der Waals surface area (Å²) in [5.74, 6) is 1.41. The van der Waals surface area contributed by atoms with Crippen LogP contribution in [0.25, 0.3) is 11.1 Å². The number of nitrogens with zero attached hydrogens (tertiary/aromatic N) is 1. The van der Waals surface area contributed by atoms with Gasteiger partial charge in [0.2, 0.25) is 0 Å². The number of oxazole rings is 1. The predicted octanol–water partition coefficient (Wildman–Crippen LogP) is 3.68. The first-order valence-electron chi connectivity index (χ1n) is 6.38. The van der Waals surface area contributed by atoms with Crippen molar-refractivity contribution >= 4 is 27.0 Å². The molecule has 98 valence electrons. The summed E-state index contributed by atoms with van der Waals surface area (Å²) in [6.45, 7) is 5.10. The van der Waals surface area contributed by atoms with Crippen LogP contribution in [0.4, 0.5) is 0 Å². The Hall–Kier alpha value is -0.870. The van der Waals surface area contributed by atoms with Crippen LogP contribution >= 0.6 is 15.9 Å². The molecule has 2 N–H and O–H groups in total. The Bertz CT molecular complexity index is 534. The van der Waals surface area contributed by atoms with Crippen molar-refractivity contribution < 1.29 is 4.42 Å². The predicted molar refractivity (Wildman–Crippen MR) is 77.6 cm³/mol. The smallest absolute Gasteiger partial charge is 0.195 e. The zero-order valence-corrected chi connectivity index (χ0v) is 12.5. The Labute approximate surface area is 116 Å². The highest BCUT2D eigenvalue weighted by molar-refractivity contribution is 9.10. The summed E-state index contributed by atoms with van der Waals surface area (Å²) >= 11 is 3.56. The molecule has 4 heteroatoms. The standard InChI is InChI=1S/C14H19BrN2O/c1-9(2)6-10-7-11(15)14-12(8-10)17-13(18-14)4-3-5-16/h7-9H,3-6,16H2,1-2H3. The zero-order chi connectivity index (χ0) is 13.1. The van der Waals surface area contributed by atoms with Gasteiger partial charge in [0.1, 0.15) is 5.52 Å². The van der Waals surface area contributed by atoms with Crippen LogP contribution < -0.4 is 5.73 Å². The maximum absolute atomic E-state index is 5.75. The molecule has 2 rings (SSSR count). The lowest BCUT2D eigenvalue weighted by molar-refractivity contribution is 0.520. The molecule has 0 aliphatic heterocycles. The van der Waals surface area contributed by atoms with Crippen LogP contribution in [-0.4, -0.2) is 11.5 Å². The normalized spacial score (nSPS) is 11.6. The van der Waals surface area contributed by atoms with E-state index in [4.69, 9.17) is 10.2 Å². The molecule has 0 fully saturated rings. The van der Waals surface area contributed by atoms with Gasteiger partial charge in [-0.2, -0.15) is 0 Å². The molecular formula is C14H19BrN2O. The van der Waals surface area contributed by atoms with E-state index in [1.807, 2.05) is 0 Å². The molecule has 0 unspecified atom stereocenters. The molecule has 0 atom stereocenters. The molecule has 2 aromatic rings. The fourth-order valence-electron chi connectivity index (χ4n) is 2.04. The summed E-state index contributed by atoms with van der Waals surface area (Å²) < 4.78 is 6.74. The molecule has 3 nitrogen and oxygen atoms in total. The van der Waals surface area contributed by atoms with E-state index >= 15 is 0 Å². The van der Waals surface area contributed by atoms with E-state index < -0.39 is 0 Å². The van der Waals surface area contributed by atoms with Gasteiger partial charge in [0.25, 0.3) is 0 Å². The van der Waals surface area contributed by atoms with Crippen LogP contribution in [0.5, 0.6) is 0 Å². The van der Waals surface area contributed by atoms with Crippen molar-refractivity contribution in [1.82, 2.24) is 4.98 Å². The Balaban J connectivity index is 2.33. The molecule has 1 aromatic heterocycles. The number of rotatable bonds is 5. The maximum atomic E-state index is 5.75. The lowest BCUT2D eigenvalue weighted by Gasteiger charge is -2.04. The largest absolute Gasteiger partial charge is 0.440 e. The minimum Gasteiger partial charge on any atom is -0.440 e. The lowest BCUT2D eigenvalue weighted by atomic mass is 10.0. The topological polar surface area (TPSA) is 52.0 Å². The van der Waals surface area contributed by atoms with Gasteiger partial charge < -0.3 is 10.2 Å². The average molecular weight is 311 g/mol. The minimum atomic E-state index is 0.637. The maximum Gasteiger partial charge on any atom is 0.195 e. The summed E-state index contributed by atoms with van der Waals surface area (Å²) in [6, 6.07) is 4.25. The zero-order valence-electron chi connectivity index (χ0n) is 10.9. The second-order valence-electron chi connectivity index (χ2n) is 5.02. The van der Waals surface area contributed by atoms with Crippen LogP contribution in [-0.2, 0) is 12.8 Å². The Morgan fingerprint density at radius 1 is 1.39 bits per heavy atom. The van der Waals surface area contributed by atoms with Crippen LogP contribution in [0, 0.1) is 5.92 Å². The fourth-order valence-corrected chi connectivity index (χ4v) is 2.62. The number of nitrogens with two attached hydrogens (primary N) is 1. The first kappa shape index (κ1) is 13.6. The number of hydrogen-bond acceptors (Lipinski definition) is 3. The second-order valence-corrected chi connectivity index (χ2v) is 5.88. The van der Waals surface area contributed by atoms with Crippen LogP contribution in [0.1, 0.15) is 31.7 Å². The summed E-state index contributed by atoms with van der Waals surface area (Å²) in [5, 5.41) is 0. The first-order chi connectivity index (χ1) is 8.60. The molecule has 0 bridgehead atoms. The summed E-state index contributed by atoms with van der Waals surface area (Å²) in [6.07, 6.45) is 2.76. The lowest BCUT2D eigenvalue weighted by Crippen LogP contribution is -2.00. The van der Waals surface area contributed by atoms with Gasteiger partial charge in [-0.3, -0.25) is 0 Å². The Kier molecular flexibility index (Phi) is 4.40. The van der Waals surface area contributed by atoms with Crippen molar-refractivity contribution in [2.75, 3.05) is 6.54 Å². The van der Waals surface area contributed by atoms with Gasteiger partial charge in [-0.25, -0.2) is 4.98 Å². The summed E-state index contributed by atoms with van der Waals surface area (Å²) in [7, 11) is 0. The van der Waals surface area contributed by atoms with Gasteiger partial charge in [0.05, 0.1) is 4.47 Å². The molecular weight excluding hydrogens is 292 g/mol. The minimum absolute atomic E-state index is 0.637. The van der Waals surface area contributed by atoms with Crippen molar-refractivity contribution in [2.45, 2.75) is 33.1 Å². The number of aryl methyl sites for hydroxylation is 1. The van der Waals surface area contributed by atoms with E-state index in [9.17, 15) is 0 Å². The van der Waals surface area contributed by atoms with E-state index in [-0.39, 0.29) is 0 Å².